The van der Waals surface area contributed by atoms with Gasteiger partial charge in [0.15, 0.2) is 6.61 Å². The van der Waals surface area contributed by atoms with E-state index in [1.54, 1.807) is 31.4 Å². The Morgan fingerprint density at radius 1 is 1.03 bits per heavy atom. The van der Waals surface area contributed by atoms with Gasteiger partial charge in [-0.05, 0) is 61.6 Å². The molecule has 0 unspecified atom stereocenters. The Morgan fingerprint density at radius 3 is 2.49 bits per heavy atom. The summed E-state index contributed by atoms with van der Waals surface area (Å²) in [5.74, 6) is 0.101. The van der Waals surface area contributed by atoms with E-state index >= 15 is 0 Å². The molecular weight excluding hydrogens is 494 g/mol. The number of hydrogen-bond acceptors (Lipinski definition) is 8. The largest absolute Gasteiger partial charge is 0.497 e. The van der Waals surface area contributed by atoms with Crippen molar-refractivity contribution in [2.45, 2.75) is 26.2 Å². The zero-order valence-corrected chi connectivity index (χ0v) is 21.5. The molecule has 0 bridgehead atoms. The van der Waals surface area contributed by atoms with Gasteiger partial charge in [-0.3, -0.25) is 4.79 Å². The van der Waals surface area contributed by atoms with Crippen molar-refractivity contribution in [3.8, 4) is 22.6 Å². The van der Waals surface area contributed by atoms with Gasteiger partial charge in [0.05, 0.1) is 14.2 Å². The minimum Gasteiger partial charge on any atom is -0.497 e. The van der Waals surface area contributed by atoms with Crippen LogP contribution in [0.15, 0.2) is 51.7 Å². The highest BCUT2D eigenvalue weighted by molar-refractivity contribution is 7.17. The lowest BCUT2D eigenvalue weighted by molar-refractivity contribution is -0.118. The summed E-state index contributed by atoms with van der Waals surface area (Å²) in [6.07, 6.45) is 2.52. The Labute approximate surface area is 216 Å². The molecule has 1 amide bonds. The van der Waals surface area contributed by atoms with Gasteiger partial charge in [0, 0.05) is 27.5 Å². The molecule has 5 rings (SSSR count). The first-order valence-electron chi connectivity index (χ1n) is 11.8. The smallest absolute Gasteiger partial charge is 0.341 e. The Balaban J connectivity index is 1.35. The first-order valence-corrected chi connectivity index (χ1v) is 12.6. The maximum absolute atomic E-state index is 12.8. The highest BCUT2D eigenvalue weighted by atomic mass is 32.1. The van der Waals surface area contributed by atoms with Crippen molar-refractivity contribution in [1.82, 2.24) is 0 Å². The summed E-state index contributed by atoms with van der Waals surface area (Å²) in [4.78, 5) is 38.6. The zero-order chi connectivity index (χ0) is 26.1. The van der Waals surface area contributed by atoms with E-state index < -0.39 is 11.9 Å². The minimum absolute atomic E-state index is 0.282. The van der Waals surface area contributed by atoms with Crippen LogP contribution in [0, 0.1) is 6.92 Å². The molecule has 1 N–H and O–H groups in total. The third-order valence-electron chi connectivity index (χ3n) is 6.42. The molecule has 0 radical (unpaired) electrons. The standard InChI is InChI=1S/C28H25NO7S/c1-15-24(16-7-9-17(33-2)10-8-16)25(28(32)34-3)26(37-15)29-23(30)14-35-18-11-12-20-19-5-4-6-21(19)27(31)36-22(20)13-18/h7-13H,4-6,14H2,1-3H3,(H,29,30). The summed E-state index contributed by atoms with van der Waals surface area (Å²) < 4.78 is 21.4. The number of thiophene rings is 1. The summed E-state index contributed by atoms with van der Waals surface area (Å²) >= 11 is 1.28. The van der Waals surface area contributed by atoms with E-state index in [-0.39, 0.29) is 17.8 Å². The van der Waals surface area contributed by atoms with E-state index in [0.29, 0.717) is 27.6 Å². The fraction of sp³-hybridized carbons (Fsp3) is 0.250. The van der Waals surface area contributed by atoms with Crippen LogP contribution in [0.4, 0.5) is 5.00 Å². The zero-order valence-electron chi connectivity index (χ0n) is 20.6. The number of methoxy groups -OCH3 is 2. The topological polar surface area (TPSA) is 104 Å². The van der Waals surface area contributed by atoms with Crippen molar-refractivity contribution in [3.05, 3.63) is 74.5 Å². The van der Waals surface area contributed by atoms with Gasteiger partial charge >= 0.3 is 11.6 Å². The molecule has 190 valence electrons. The van der Waals surface area contributed by atoms with Crippen LogP contribution < -0.4 is 20.4 Å². The van der Waals surface area contributed by atoms with E-state index in [1.165, 1.54) is 18.4 Å². The van der Waals surface area contributed by atoms with Crippen LogP contribution >= 0.6 is 11.3 Å². The second-order valence-electron chi connectivity index (χ2n) is 8.65. The van der Waals surface area contributed by atoms with Gasteiger partial charge in [-0.15, -0.1) is 11.3 Å². The normalized spacial score (nSPS) is 12.3. The SMILES string of the molecule is COC(=O)c1c(NC(=O)COc2ccc3c4c(c(=O)oc3c2)CCC4)sc(C)c1-c1ccc(OC)cc1. The molecule has 0 fully saturated rings. The van der Waals surface area contributed by atoms with Crippen LogP contribution in [0.1, 0.15) is 32.8 Å². The number of hydrogen-bond donors (Lipinski definition) is 1. The lowest BCUT2D eigenvalue weighted by Crippen LogP contribution is -2.21. The van der Waals surface area contributed by atoms with Gasteiger partial charge in [-0.2, -0.15) is 0 Å². The van der Waals surface area contributed by atoms with E-state index in [4.69, 9.17) is 18.6 Å². The predicted octanol–water partition coefficient (Wildman–Crippen LogP) is 5.13. The highest BCUT2D eigenvalue weighted by Gasteiger charge is 2.25. The monoisotopic (exact) mass is 519 g/mol. The van der Waals surface area contributed by atoms with Crippen LogP contribution in [0.3, 0.4) is 0 Å². The summed E-state index contributed by atoms with van der Waals surface area (Å²) in [6, 6.07) is 12.5. The van der Waals surface area contributed by atoms with Gasteiger partial charge in [-0.1, -0.05) is 12.1 Å². The molecule has 2 heterocycles. The van der Waals surface area contributed by atoms with Crippen molar-refractivity contribution in [2.75, 3.05) is 26.1 Å². The highest BCUT2D eigenvalue weighted by Crippen LogP contribution is 2.41. The van der Waals surface area contributed by atoms with Crippen LogP contribution in [-0.4, -0.2) is 32.7 Å². The Hall–Kier alpha value is -4.11. The Bertz CT molecular complexity index is 1570. The van der Waals surface area contributed by atoms with Crippen LogP contribution in [0.25, 0.3) is 22.1 Å². The van der Waals surface area contributed by atoms with Crippen molar-refractivity contribution in [2.24, 2.45) is 0 Å². The van der Waals surface area contributed by atoms with Gasteiger partial charge in [0.1, 0.15) is 27.6 Å². The summed E-state index contributed by atoms with van der Waals surface area (Å²) in [6.45, 7) is 1.58. The number of benzene rings is 2. The maximum Gasteiger partial charge on any atom is 0.341 e. The molecule has 1 aliphatic rings. The summed E-state index contributed by atoms with van der Waals surface area (Å²) in [7, 11) is 2.88. The number of ether oxygens (including phenoxy) is 3. The fourth-order valence-corrected chi connectivity index (χ4v) is 5.78. The first kappa shape index (κ1) is 24.6. The van der Waals surface area contributed by atoms with E-state index in [9.17, 15) is 14.4 Å². The predicted molar refractivity (Wildman–Crippen MR) is 141 cm³/mol. The van der Waals surface area contributed by atoms with E-state index in [0.717, 1.165) is 46.2 Å². The quantitative estimate of drug-likeness (QED) is 0.267. The number of carbonyl (C=O) groups excluding carboxylic acids is 2. The molecule has 9 heteroatoms. The van der Waals surface area contributed by atoms with Crippen molar-refractivity contribution in [3.63, 3.8) is 0 Å². The number of amides is 1. The molecule has 37 heavy (non-hydrogen) atoms. The number of aryl methyl sites for hydroxylation is 2. The third-order valence-corrected chi connectivity index (χ3v) is 7.44. The lowest BCUT2D eigenvalue weighted by atomic mass is 10.0. The third kappa shape index (κ3) is 4.70. The molecule has 0 atom stereocenters. The minimum atomic E-state index is -0.552. The second-order valence-corrected chi connectivity index (χ2v) is 9.88. The molecular formula is C28H25NO7S. The van der Waals surface area contributed by atoms with E-state index in [1.807, 2.05) is 25.1 Å². The number of carbonyl (C=O) groups is 2. The Kier molecular flexibility index (Phi) is 6.71. The van der Waals surface area contributed by atoms with Gasteiger partial charge < -0.3 is 23.9 Å². The molecule has 1 aliphatic carbocycles. The lowest BCUT2D eigenvalue weighted by Gasteiger charge is -2.10. The van der Waals surface area contributed by atoms with Crippen LogP contribution in [0.2, 0.25) is 0 Å². The molecule has 0 spiro atoms. The van der Waals surface area contributed by atoms with Crippen LogP contribution in [-0.2, 0) is 22.4 Å². The molecule has 0 saturated carbocycles. The van der Waals surface area contributed by atoms with E-state index in [2.05, 4.69) is 5.32 Å². The van der Waals surface area contributed by atoms with Crippen LogP contribution in [0.5, 0.6) is 11.5 Å². The second kappa shape index (κ2) is 10.1. The number of anilines is 1. The van der Waals surface area contributed by atoms with Crippen molar-refractivity contribution < 1.29 is 28.2 Å². The molecule has 0 saturated heterocycles. The Morgan fingerprint density at radius 2 is 1.76 bits per heavy atom. The number of nitrogens with one attached hydrogen (secondary N) is 1. The average Bonchev–Trinajstić information content (AvgIpc) is 3.52. The molecule has 2 aromatic carbocycles. The summed E-state index contributed by atoms with van der Waals surface area (Å²) in [5, 5.41) is 4.06. The molecule has 8 nitrogen and oxygen atoms in total. The van der Waals surface area contributed by atoms with Crippen molar-refractivity contribution >= 4 is 39.2 Å². The summed E-state index contributed by atoms with van der Waals surface area (Å²) in [5.41, 5.74) is 3.68. The molecule has 2 aromatic heterocycles. The average molecular weight is 520 g/mol. The van der Waals surface area contributed by atoms with Gasteiger partial charge in [0.25, 0.3) is 5.91 Å². The maximum atomic E-state index is 12.8. The van der Waals surface area contributed by atoms with Gasteiger partial charge in [0.2, 0.25) is 0 Å². The molecule has 4 aromatic rings. The fourth-order valence-electron chi connectivity index (χ4n) is 4.70. The first-order chi connectivity index (χ1) is 17.9. The van der Waals surface area contributed by atoms with Gasteiger partial charge in [-0.25, -0.2) is 9.59 Å². The number of rotatable bonds is 7. The number of fused-ring (bicyclic) bond motifs is 3. The number of esters is 1. The van der Waals surface area contributed by atoms with Crippen molar-refractivity contribution in [1.29, 1.82) is 0 Å². The molecule has 0 aliphatic heterocycles.